The average Bonchev–Trinajstić information content (AvgIpc) is 3.42. The van der Waals surface area contributed by atoms with E-state index in [2.05, 4.69) is 38.5 Å². The van der Waals surface area contributed by atoms with Gasteiger partial charge in [-0.05, 0) is 37.5 Å². The van der Waals surface area contributed by atoms with E-state index in [4.69, 9.17) is 0 Å². The van der Waals surface area contributed by atoms with Crippen molar-refractivity contribution in [2.75, 3.05) is 23.3 Å². The highest BCUT2D eigenvalue weighted by atomic mass is 16.2. The summed E-state index contributed by atoms with van der Waals surface area (Å²) in [6.45, 7) is 4.14. The Balaban J connectivity index is 1.42. The number of amides is 2. The van der Waals surface area contributed by atoms with Crippen LogP contribution in [0.3, 0.4) is 0 Å². The van der Waals surface area contributed by atoms with Crippen LogP contribution in [0.25, 0.3) is 11.4 Å². The highest BCUT2D eigenvalue weighted by Gasteiger charge is 2.22. The lowest BCUT2D eigenvalue weighted by atomic mass is 10.1. The summed E-state index contributed by atoms with van der Waals surface area (Å²) in [7, 11) is 0. The van der Waals surface area contributed by atoms with Crippen LogP contribution in [0.1, 0.15) is 49.4 Å². The molecule has 1 fully saturated rings. The predicted octanol–water partition coefficient (Wildman–Crippen LogP) is 4.67. The Labute approximate surface area is 200 Å². The first-order valence-corrected chi connectivity index (χ1v) is 12.0. The molecule has 7 nitrogen and oxygen atoms in total. The summed E-state index contributed by atoms with van der Waals surface area (Å²) < 4.78 is 0. The molecule has 1 atom stereocenters. The Morgan fingerprint density at radius 3 is 2.44 bits per heavy atom. The third-order valence-electron chi connectivity index (χ3n) is 6.00. The van der Waals surface area contributed by atoms with Crippen LogP contribution in [0.2, 0.25) is 0 Å². The molecule has 176 valence electrons. The third-order valence-corrected chi connectivity index (χ3v) is 6.00. The third kappa shape index (κ3) is 5.98. The summed E-state index contributed by atoms with van der Waals surface area (Å²) in [5.74, 6) is -0.0285. The normalized spacial score (nSPS) is 14.0. The second-order valence-electron chi connectivity index (χ2n) is 8.56. The van der Waals surface area contributed by atoms with Gasteiger partial charge in [-0.1, -0.05) is 56.2 Å². The van der Waals surface area contributed by atoms with Gasteiger partial charge < -0.3 is 15.5 Å². The number of nitrogens with one attached hydrogen (secondary N) is 2. The monoisotopic (exact) mass is 457 g/mol. The number of aromatic nitrogens is 2. The SMILES string of the molecule is CCCCC(NC(=O)c1cnc(-c2ccccc2)nc1)C(=O)Nc1cccc(N2CCCC2)c1. The molecule has 0 spiro atoms. The molecule has 7 heteroatoms. The molecule has 0 bridgehead atoms. The van der Waals surface area contributed by atoms with Gasteiger partial charge in [-0.25, -0.2) is 9.97 Å². The fraction of sp³-hybridized carbons (Fsp3) is 0.333. The molecule has 1 unspecified atom stereocenters. The van der Waals surface area contributed by atoms with Crippen molar-refractivity contribution in [3.63, 3.8) is 0 Å². The Hall–Kier alpha value is -3.74. The van der Waals surface area contributed by atoms with Crippen LogP contribution in [-0.4, -0.2) is 40.9 Å². The molecule has 2 aromatic carbocycles. The second kappa shape index (κ2) is 11.4. The van der Waals surface area contributed by atoms with Crippen LogP contribution in [0.5, 0.6) is 0 Å². The van der Waals surface area contributed by atoms with Gasteiger partial charge in [0.05, 0.1) is 5.56 Å². The topological polar surface area (TPSA) is 87.2 Å². The number of hydrogen-bond acceptors (Lipinski definition) is 5. The number of hydrogen-bond donors (Lipinski definition) is 2. The summed E-state index contributed by atoms with van der Waals surface area (Å²) in [6.07, 6.45) is 7.70. The molecule has 1 saturated heterocycles. The summed E-state index contributed by atoms with van der Waals surface area (Å²) in [4.78, 5) is 36.9. The fourth-order valence-electron chi connectivity index (χ4n) is 4.09. The number of carbonyl (C=O) groups is 2. The van der Waals surface area contributed by atoms with E-state index >= 15 is 0 Å². The molecule has 0 aliphatic carbocycles. The maximum Gasteiger partial charge on any atom is 0.255 e. The van der Waals surface area contributed by atoms with Gasteiger partial charge in [-0.2, -0.15) is 0 Å². The lowest BCUT2D eigenvalue weighted by Crippen LogP contribution is -2.43. The van der Waals surface area contributed by atoms with Crippen molar-refractivity contribution in [1.82, 2.24) is 15.3 Å². The molecular weight excluding hydrogens is 426 g/mol. The molecule has 0 radical (unpaired) electrons. The van der Waals surface area contributed by atoms with Crippen molar-refractivity contribution in [2.45, 2.75) is 45.1 Å². The number of anilines is 2. The van der Waals surface area contributed by atoms with Crippen molar-refractivity contribution >= 4 is 23.2 Å². The zero-order chi connectivity index (χ0) is 23.8. The summed E-state index contributed by atoms with van der Waals surface area (Å²) >= 11 is 0. The Kier molecular flexibility index (Phi) is 7.86. The van der Waals surface area contributed by atoms with Crippen molar-refractivity contribution < 1.29 is 9.59 Å². The first kappa shape index (κ1) is 23.4. The van der Waals surface area contributed by atoms with Crippen molar-refractivity contribution in [1.29, 1.82) is 0 Å². The molecule has 1 aliphatic heterocycles. The molecule has 2 N–H and O–H groups in total. The molecule has 2 amide bonds. The fourth-order valence-corrected chi connectivity index (χ4v) is 4.09. The van der Waals surface area contributed by atoms with Crippen molar-refractivity contribution in [2.24, 2.45) is 0 Å². The zero-order valence-electron chi connectivity index (χ0n) is 19.5. The quantitative estimate of drug-likeness (QED) is 0.488. The smallest absolute Gasteiger partial charge is 0.255 e. The highest BCUT2D eigenvalue weighted by Crippen LogP contribution is 2.23. The molecule has 3 aromatic rings. The molecule has 34 heavy (non-hydrogen) atoms. The van der Waals surface area contributed by atoms with Crippen LogP contribution in [0.4, 0.5) is 11.4 Å². The Bertz CT molecular complexity index is 1100. The molecule has 2 heterocycles. The number of rotatable bonds is 9. The Morgan fingerprint density at radius 1 is 1.00 bits per heavy atom. The molecule has 0 saturated carbocycles. The van der Waals surface area contributed by atoms with Gasteiger partial charge in [-0.3, -0.25) is 9.59 Å². The summed E-state index contributed by atoms with van der Waals surface area (Å²) in [5, 5.41) is 5.87. The second-order valence-corrected chi connectivity index (χ2v) is 8.56. The van der Waals surface area contributed by atoms with Gasteiger partial charge in [-0.15, -0.1) is 0 Å². The minimum Gasteiger partial charge on any atom is -0.371 e. The van der Waals surface area contributed by atoms with E-state index in [0.717, 1.165) is 42.9 Å². The minimum absolute atomic E-state index is 0.220. The molecule has 4 rings (SSSR count). The number of carbonyl (C=O) groups excluding carboxylic acids is 2. The summed E-state index contributed by atoms with van der Waals surface area (Å²) in [6, 6.07) is 16.8. The van der Waals surface area contributed by atoms with E-state index in [9.17, 15) is 9.59 Å². The molecule has 1 aromatic heterocycles. The number of unbranched alkanes of at least 4 members (excludes halogenated alkanes) is 1. The van der Waals surface area contributed by atoms with Crippen LogP contribution >= 0.6 is 0 Å². The van der Waals surface area contributed by atoms with Gasteiger partial charge >= 0.3 is 0 Å². The van der Waals surface area contributed by atoms with Crippen LogP contribution in [-0.2, 0) is 4.79 Å². The zero-order valence-corrected chi connectivity index (χ0v) is 19.5. The van der Waals surface area contributed by atoms with Crippen LogP contribution < -0.4 is 15.5 Å². The van der Waals surface area contributed by atoms with E-state index in [1.54, 1.807) is 0 Å². The maximum atomic E-state index is 13.1. The summed E-state index contributed by atoms with van der Waals surface area (Å²) in [5.41, 5.74) is 3.05. The van der Waals surface area contributed by atoms with Crippen LogP contribution in [0, 0.1) is 0 Å². The first-order chi connectivity index (χ1) is 16.6. The van der Waals surface area contributed by atoms with Crippen molar-refractivity contribution in [3.8, 4) is 11.4 Å². The van der Waals surface area contributed by atoms with E-state index < -0.39 is 6.04 Å². The minimum atomic E-state index is -0.642. The largest absolute Gasteiger partial charge is 0.371 e. The number of nitrogens with zero attached hydrogens (tertiary/aromatic N) is 3. The average molecular weight is 458 g/mol. The lowest BCUT2D eigenvalue weighted by Gasteiger charge is -2.20. The maximum absolute atomic E-state index is 13.1. The van der Waals surface area contributed by atoms with Gasteiger partial charge in [0, 0.05) is 42.4 Å². The number of benzene rings is 2. The highest BCUT2D eigenvalue weighted by molar-refractivity contribution is 6.01. The van der Waals surface area contributed by atoms with Gasteiger partial charge in [0.25, 0.3) is 5.91 Å². The van der Waals surface area contributed by atoms with Crippen LogP contribution in [0.15, 0.2) is 67.0 Å². The molecular formula is C27H31N5O2. The first-order valence-electron chi connectivity index (χ1n) is 12.0. The van der Waals surface area contributed by atoms with E-state index in [-0.39, 0.29) is 11.8 Å². The van der Waals surface area contributed by atoms with E-state index in [1.165, 1.54) is 25.2 Å². The van der Waals surface area contributed by atoms with Crippen molar-refractivity contribution in [3.05, 3.63) is 72.6 Å². The van der Waals surface area contributed by atoms with E-state index in [0.29, 0.717) is 17.8 Å². The van der Waals surface area contributed by atoms with E-state index in [1.807, 2.05) is 48.5 Å². The van der Waals surface area contributed by atoms with Gasteiger partial charge in [0.1, 0.15) is 6.04 Å². The standard InChI is InChI=1S/C27H31N5O2/c1-2-3-14-24(27(34)30-22-12-9-13-23(17-22)32-15-7-8-16-32)31-26(33)21-18-28-25(29-19-21)20-10-5-4-6-11-20/h4-6,9-13,17-19,24H,2-3,7-8,14-16H2,1H3,(H,30,34)(H,31,33). The lowest BCUT2D eigenvalue weighted by molar-refractivity contribution is -0.118. The Morgan fingerprint density at radius 2 is 1.74 bits per heavy atom. The molecule has 1 aliphatic rings. The predicted molar refractivity (Wildman–Crippen MR) is 135 cm³/mol. The van der Waals surface area contributed by atoms with Gasteiger partial charge in [0.15, 0.2) is 5.82 Å². The van der Waals surface area contributed by atoms with Gasteiger partial charge in [0.2, 0.25) is 5.91 Å².